The maximum absolute atomic E-state index is 10.4. The number of aliphatic hydroxyl groups excluding tert-OH is 5. The van der Waals surface area contributed by atoms with Gasteiger partial charge in [-0.05, 0) is 10.9 Å². The molecule has 1 fully saturated rings. The van der Waals surface area contributed by atoms with Crippen LogP contribution >= 0.6 is 0 Å². The van der Waals surface area contributed by atoms with Crippen molar-refractivity contribution < 1.29 is 42.7 Å². The highest BCUT2D eigenvalue weighted by atomic mass is 32.3. The van der Waals surface area contributed by atoms with E-state index in [1.807, 2.05) is 0 Å². The van der Waals surface area contributed by atoms with Crippen molar-refractivity contribution in [3.8, 4) is 0 Å². The lowest BCUT2D eigenvalue weighted by Gasteiger charge is -2.30. The van der Waals surface area contributed by atoms with Crippen molar-refractivity contribution in [1.29, 1.82) is 0 Å². The lowest BCUT2D eigenvalue weighted by molar-refractivity contribution is -0.0456. The second-order valence-electron chi connectivity index (χ2n) is 4.53. The van der Waals surface area contributed by atoms with Gasteiger partial charge in [-0.1, -0.05) is 0 Å². The topological polar surface area (TPSA) is 168 Å². The van der Waals surface area contributed by atoms with Gasteiger partial charge in [0.25, 0.3) is 0 Å². The van der Waals surface area contributed by atoms with Crippen LogP contribution in [0.25, 0.3) is 0 Å². The minimum absolute atomic E-state index is 0.0679. The van der Waals surface area contributed by atoms with Crippen LogP contribution in [0.3, 0.4) is 0 Å². The van der Waals surface area contributed by atoms with Gasteiger partial charge in [-0.25, -0.2) is 8.42 Å². The first-order chi connectivity index (χ1) is 9.14. The van der Waals surface area contributed by atoms with Crippen LogP contribution in [0.1, 0.15) is 0 Å². The molecule has 1 aliphatic heterocycles. The van der Waals surface area contributed by atoms with Gasteiger partial charge in [-0.3, -0.25) is 4.18 Å². The van der Waals surface area contributed by atoms with Gasteiger partial charge in [-0.2, -0.15) is 0 Å². The molecule has 0 aromatic carbocycles. The van der Waals surface area contributed by atoms with Gasteiger partial charge in [0, 0.05) is 0 Å². The van der Waals surface area contributed by atoms with Crippen molar-refractivity contribution in [3.63, 3.8) is 0 Å². The van der Waals surface area contributed by atoms with Crippen LogP contribution in [0.5, 0.6) is 0 Å². The minimum Gasteiger partial charge on any atom is -0.726 e. The molecule has 0 spiro atoms. The summed E-state index contributed by atoms with van der Waals surface area (Å²) < 4.78 is 35.3. The van der Waals surface area contributed by atoms with Gasteiger partial charge in [-0.15, -0.1) is 0 Å². The Hall–Kier alpha value is 0.0200. The summed E-state index contributed by atoms with van der Waals surface area (Å²) in [7, 11) is -5.76. The van der Waals surface area contributed by atoms with E-state index >= 15 is 0 Å². The average molecular weight is 334 g/mol. The maximum atomic E-state index is 10.4. The predicted molar refractivity (Wildman–Crippen MR) is 67.6 cm³/mol. The molecular formula is C9H18O9S2. The Bertz CT molecular complexity index is 388. The molecule has 1 saturated heterocycles. The molecular weight excluding hydrogens is 316 g/mol. The molecule has 1 aliphatic rings. The summed E-state index contributed by atoms with van der Waals surface area (Å²) in [5, 5.41) is 47.0. The molecule has 0 aromatic rings. The first kappa shape index (κ1) is 18.1. The molecule has 20 heavy (non-hydrogen) atoms. The number of hydrogen-bond donors (Lipinski definition) is 5. The molecule has 0 saturated carbocycles. The second kappa shape index (κ2) is 7.33. The zero-order chi connectivity index (χ0) is 15.5. The van der Waals surface area contributed by atoms with Gasteiger partial charge in [0.2, 0.25) is 10.4 Å². The van der Waals surface area contributed by atoms with Crippen LogP contribution in [0.2, 0.25) is 0 Å². The molecule has 0 radical (unpaired) electrons. The van der Waals surface area contributed by atoms with E-state index in [1.54, 1.807) is 0 Å². The SMILES string of the molecule is O=S(=O)([O-])O[C@H](CO)[C@@H](O)C[S+]1CC(O)C(O)[C@@H](O)C1. The first-order valence-corrected chi connectivity index (χ1v) is 8.82. The quantitative estimate of drug-likeness (QED) is 0.184. The predicted octanol–water partition coefficient (Wildman–Crippen LogP) is -4.10. The second-order valence-corrected chi connectivity index (χ2v) is 7.76. The van der Waals surface area contributed by atoms with Crippen LogP contribution in [0, 0.1) is 0 Å². The van der Waals surface area contributed by atoms with Crippen molar-refractivity contribution in [1.82, 2.24) is 0 Å². The lowest BCUT2D eigenvalue weighted by atomic mass is 10.1. The van der Waals surface area contributed by atoms with Crippen molar-refractivity contribution in [2.24, 2.45) is 0 Å². The Balaban J connectivity index is 2.58. The molecule has 120 valence electrons. The third-order valence-electron chi connectivity index (χ3n) is 2.86. The van der Waals surface area contributed by atoms with Gasteiger partial charge >= 0.3 is 0 Å². The normalized spacial score (nSPS) is 34.7. The van der Waals surface area contributed by atoms with Crippen LogP contribution < -0.4 is 0 Å². The van der Waals surface area contributed by atoms with Crippen LogP contribution in [0.4, 0.5) is 0 Å². The maximum Gasteiger partial charge on any atom is 0.218 e. The van der Waals surface area contributed by atoms with Gasteiger partial charge < -0.3 is 30.1 Å². The van der Waals surface area contributed by atoms with Gasteiger partial charge in [0.1, 0.15) is 47.8 Å². The molecule has 5 N–H and O–H groups in total. The minimum atomic E-state index is -5.06. The van der Waals surface area contributed by atoms with E-state index in [2.05, 4.69) is 4.18 Å². The highest BCUT2D eigenvalue weighted by Crippen LogP contribution is 2.18. The van der Waals surface area contributed by atoms with Crippen LogP contribution in [-0.2, 0) is 25.5 Å². The summed E-state index contributed by atoms with van der Waals surface area (Å²) in [6.07, 6.45) is -6.59. The zero-order valence-corrected chi connectivity index (χ0v) is 12.0. The van der Waals surface area contributed by atoms with Crippen molar-refractivity contribution >= 4 is 21.3 Å². The fourth-order valence-electron chi connectivity index (χ4n) is 1.86. The Morgan fingerprint density at radius 3 is 2.15 bits per heavy atom. The van der Waals surface area contributed by atoms with Gasteiger partial charge in [0.05, 0.1) is 6.61 Å². The summed E-state index contributed by atoms with van der Waals surface area (Å²) in [6, 6.07) is 0. The molecule has 11 heteroatoms. The number of aliphatic hydroxyl groups is 5. The molecule has 0 bridgehead atoms. The number of hydrogen-bond acceptors (Lipinski definition) is 9. The number of rotatable bonds is 6. The highest BCUT2D eigenvalue weighted by Gasteiger charge is 2.42. The molecule has 0 aromatic heterocycles. The fraction of sp³-hybridized carbons (Fsp3) is 1.00. The summed E-state index contributed by atoms with van der Waals surface area (Å²) in [4.78, 5) is 0. The molecule has 1 heterocycles. The Morgan fingerprint density at radius 1 is 1.25 bits per heavy atom. The summed E-state index contributed by atoms with van der Waals surface area (Å²) in [5.41, 5.74) is 0. The van der Waals surface area contributed by atoms with Crippen molar-refractivity contribution in [2.45, 2.75) is 30.5 Å². The third-order valence-corrected chi connectivity index (χ3v) is 5.78. The van der Waals surface area contributed by atoms with E-state index in [9.17, 15) is 33.4 Å². The summed E-state index contributed by atoms with van der Waals surface area (Å²) in [5.74, 6) is 0.177. The summed E-state index contributed by atoms with van der Waals surface area (Å²) >= 11 is 0. The Labute approximate surface area is 119 Å². The largest absolute Gasteiger partial charge is 0.726 e. The molecule has 0 aliphatic carbocycles. The first-order valence-electron chi connectivity index (χ1n) is 5.75. The van der Waals surface area contributed by atoms with E-state index in [-0.39, 0.29) is 17.3 Å². The Kier molecular flexibility index (Phi) is 6.63. The van der Waals surface area contributed by atoms with Crippen LogP contribution in [-0.4, -0.2) is 92.9 Å². The molecule has 6 atom stereocenters. The van der Waals surface area contributed by atoms with Crippen molar-refractivity contribution in [3.05, 3.63) is 0 Å². The van der Waals surface area contributed by atoms with E-state index in [0.29, 0.717) is 0 Å². The third kappa shape index (κ3) is 5.42. The molecule has 1 rings (SSSR count). The zero-order valence-electron chi connectivity index (χ0n) is 10.4. The van der Waals surface area contributed by atoms with E-state index in [4.69, 9.17) is 5.11 Å². The molecule has 9 nitrogen and oxygen atoms in total. The fourth-order valence-corrected chi connectivity index (χ4v) is 4.82. The van der Waals surface area contributed by atoms with E-state index in [0.717, 1.165) is 0 Å². The highest BCUT2D eigenvalue weighted by molar-refractivity contribution is 7.97. The van der Waals surface area contributed by atoms with Crippen LogP contribution in [0.15, 0.2) is 0 Å². The molecule has 0 amide bonds. The smallest absolute Gasteiger partial charge is 0.218 e. The summed E-state index contributed by atoms with van der Waals surface area (Å²) in [6.45, 7) is -0.867. The Morgan fingerprint density at radius 2 is 1.75 bits per heavy atom. The standard InChI is InChI=1S/C9H18O9S2/c10-1-8(18-20(15,16)17)5(11)2-19-3-6(12)9(14)7(13)4-19/h5-14H,1-4H2/t5-,6-,7?,8+,9?,19?/m0/s1. The lowest BCUT2D eigenvalue weighted by Crippen LogP contribution is -2.53. The van der Waals surface area contributed by atoms with E-state index < -0.39 is 58.4 Å². The molecule has 3 unspecified atom stereocenters. The average Bonchev–Trinajstić information content (AvgIpc) is 2.31. The van der Waals surface area contributed by atoms with Gasteiger partial charge in [0.15, 0.2) is 0 Å². The van der Waals surface area contributed by atoms with Crippen molar-refractivity contribution in [2.75, 3.05) is 23.9 Å². The van der Waals surface area contributed by atoms with E-state index in [1.165, 1.54) is 0 Å². The monoisotopic (exact) mass is 334 g/mol.